The van der Waals surface area contributed by atoms with Crippen molar-refractivity contribution in [1.82, 2.24) is 5.32 Å². The Morgan fingerprint density at radius 3 is 2.29 bits per heavy atom. The van der Waals surface area contributed by atoms with E-state index in [9.17, 15) is 0 Å². The third-order valence-corrected chi connectivity index (χ3v) is 1.70. The van der Waals surface area contributed by atoms with Crippen LogP contribution in [-0.4, -0.2) is 24.8 Å². The van der Waals surface area contributed by atoms with Gasteiger partial charge in [0.25, 0.3) is 0 Å². The van der Waals surface area contributed by atoms with Gasteiger partial charge < -0.3 is 10.1 Å². The summed E-state index contributed by atoms with van der Waals surface area (Å²) in [5, 5.41) is 3.39. The molecule has 14 heavy (non-hydrogen) atoms. The number of hydrogen-bond acceptors (Lipinski definition) is 2. The summed E-state index contributed by atoms with van der Waals surface area (Å²) in [6.07, 6.45) is 2.22. The average Bonchev–Trinajstić information content (AvgIpc) is 1.98. The van der Waals surface area contributed by atoms with Crippen molar-refractivity contribution in [1.29, 1.82) is 0 Å². The zero-order valence-corrected chi connectivity index (χ0v) is 10.5. The predicted octanol–water partition coefficient (Wildman–Crippen LogP) is 2.75. The van der Waals surface area contributed by atoms with E-state index in [1.54, 1.807) is 0 Å². The van der Waals surface area contributed by atoms with Gasteiger partial charge in [0.1, 0.15) is 0 Å². The summed E-state index contributed by atoms with van der Waals surface area (Å²) in [5.74, 6) is 0. The first-order chi connectivity index (χ1) is 6.35. The van der Waals surface area contributed by atoms with Crippen LogP contribution >= 0.6 is 0 Å². The first-order valence-electron chi connectivity index (χ1n) is 5.37. The molecule has 0 aromatic carbocycles. The summed E-state index contributed by atoms with van der Waals surface area (Å²) < 4.78 is 5.74. The number of nitrogens with one attached hydrogen (secondary N) is 1. The van der Waals surface area contributed by atoms with Crippen molar-refractivity contribution in [3.63, 3.8) is 0 Å². The molecule has 0 aromatic rings. The first kappa shape index (κ1) is 13.7. The Labute approximate surface area is 88.7 Å². The summed E-state index contributed by atoms with van der Waals surface area (Å²) in [6.45, 7) is 14.3. The van der Waals surface area contributed by atoms with Crippen LogP contribution in [0, 0.1) is 0 Å². The van der Waals surface area contributed by atoms with Gasteiger partial charge in [-0.15, -0.1) is 0 Å². The van der Waals surface area contributed by atoms with Crippen LogP contribution in [0.5, 0.6) is 0 Å². The Bertz CT molecular complexity index is 175. The maximum atomic E-state index is 5.74. The molecule has 0 aliphatic heterocycles. The molecule has 84 valence electrons. The molecule has 1 N–H and O–H groups in total. The van der Waals surface area contributed by atoms with Crippen molar-refractivity contribution in [2.75, 3.05) is 13.2 Å². The van der Waals surface area contributed by atoms with Gasteiger partial charge in [-0.3, -0.25) is 0 Å². The molecule has 0 amide bonds. The Balaban J connectivity index is 4.04. The zero-order valence-electron chi connectivity index (χ0n) is 10.5. The lowest BCUT2D eigenvalue weighted by Gasteiger charge is -2.23. The zero-order chi connectivity index (χ0) is 11.2. The fraction of sp³-hybridized carbons (Fsp3) is 0.833. The molecule has 0 radical (unpaired) electrons. The summed E-state index contributed by atoms with van der Waals surface area (Å²) in [5.41, 5.74) is 1.27. The molecule has 1 unspecified atom stereocenters. The maximum absolute atomic E-state index is 5.74. The van der Waals surface area contributed by atoms with Gasteiger partial charge in [0.15, 0.2) is 0 Å². The number of rotatable bonds is 5. The van der Waals surface area contributed by atoms with Gasteiger partial charge in [-0.05, 0) is 41.2 Å². The van der Waals surface area contributed by atoms with Gasteiger partial charge in [-0.1, -0.05) is 18.6 Å². The fourth-order valence-electron chi connectivity index (χ4n) is 1.17. The fourth-order valence-corrected chi connectivity index (χ4v) is 1.17. The smallest absolute Gasteiger partial charge is 0.0662 e. The van der Waals surface area contributed by atoms with Crippen molar-refractivity contribution in [2.24, 2.45) is 0 Å². The minimum Gasteiger partial charge on any atom is -0.374 e. The van der Waals surface area contributed by atoms with E-state index >= 15 is 0 Å². The van der Waals surface area contributed by atoms with Crippen LogP contribution in [0.1, 0.15) is 41.5 Å². The van der Waals surface area contributed by atoms with E-state index in [0.717, 1.165) is 13.2 Å². The van der Waals surface area contributed by atoms with Crippen molar-refractivity contribution in [3.05, 3.63) is 11.6 Å². The molecule has 2 nitrogen and oxygen atoms in total. The van der Waals surface area contributed by atoms with E-state index in [4.69, 9.17) is 4.74 Å². The van der Waals surface area contributed by atoms with E-state index in [2.05, 4.69) is 52.9 Å². The molecule has 0 rings (SSSR count). The van der Waals surface area contributed by atoms with Crippen molar-refractivity contribution in [3.8, 4) is 0 Å². The summed E-state index contributed by atoms with van der Waals surface area (Å²) in [4.78, 5) is 0. The van der Waals surface area contributed by atoms with E-state index in [1.165, 1.54) is 5.57 Å². The normalized spacial score (nSPS) is 13.9. The van der Waals surface area contributed by atoms with Crippen LogP contribution in [0.25, 0.3) is 0 Å². The Kier molecular flexibility index (Phi) is 6.05. The van der Waals surface area contributed by atoms with Crippen LogP contribution in [0.2, 0.25) is 0 Å². The lowest BCUT2D eigenvalue weighted by atomic mass is 10.1. The number of hydrogen-bond donors (Lipinski definition) is 1. The maximum Gasteiger partial charge on any atom is 0.0662 e. The van der Waals surface area contributed by atoms with Gasteiger partial charge >= 0.3 is 0 Å². The Morgan fingerprint density at radius 2 is 1.93 bits per heavy atom. The molecule has 0 aliphatic carbocycles. The van der Waals surface area contributed by atoms with Crippen molar-refractivity contribution >= 4 is 0 Å². The Hall–Kier alpha value is -0.340. The summed E-state index contributed by atoms with van der Waals surface area (Å²) in [6, 6.07) is 0.337. The monoisotopic (exact) mass is 199 g/mol. The topological polar surface area (TPSA) is 21.3 Å². The number of allylic oxidation sites excluding steroid dienone is 1. The van der Waals surface area contributed by atoms with Gasteiger partial charge in [-0.2, -0.15) is 0 Å². The van der Waals surface area contributed by atoms with Gasteiger partial charge in [0, 0.05) is 6.04 Å². The first-order valence-corrected chi connectivity index (χ1v) is 5.37. The quantitative estimate of drug-likeness (QED) is 0.687. The molecule has 0 fully saturated rings. The average molecular weight is 199 g/mol. The highest BCUT2D eigenvalue weighted by Gasteiger charge is 2.12. The largest absolute Gasteiger partial charge is 0.374 e. The summed E-state index contributed by atoms with van der Waals surface area (Å²) >= 11 is 0. The molecule has 0 heterocycles. The molecule has 0 spiro atoms. The second-order valence-electron chi connectivity index (χ2n) is 4.83. The van der Waals surface area contributed by atoms with E-state index in [1.807, 2.05) is 0 Å². The second-order valence-corrected chi connectivity index (χ2v) is 4.83. The molecule has 0 saturated carbocycles. The molecule has 0 saturated heterocycles. The third kappa shape index (κ3) is 8.27. The lowest BCUT2D eigenvalue weighted by Crippen LogP contribution is -2.35. The highest BCUT2D eigenvalue weighted by molar-refractivity contribution is 5.01. The van der Waals surface area contributed by atoms with Gasteiger partial charge in [0.2, 0.25) is 0 Å². The minimum atomic E-state index is -0.0524. The van der Waals surface area contributed by atoms with E-state index < -0.39 is 0 Å². The number of likely N-dealkylation sites (N-methyl/N-ethyl adjacent to an activating group) is 1. The minimum absolute atomic E-state index is 0.0524. The molecule has 2 heteroatoms. The van der Waals surface area contributed by atoms with Crippen LogP contribution < -0.4 is 5.32 Å². The molecular weight excluding hydrogens is 174 g/mol. The van der Waals surface area contributed by atoms with E-state index in [-0.39, 0.29) is 5.60 Å². The Morgan fingerprint density at radius 1 is 1.36 bits per heavy atom. The van der Waals surface area contributed by atoms with E-state index in [0.29, 0.717) is 6.04 Å². The molecular formula is C12H25NO. The lowest BCUT2D eigenvalue weighted by molar-refractivity contribution is -0.00881. The van der Waals surface area contributed by atoms with Crippen molar-refractivity contribution in [2.45, 2.75) is 53.2 Å². The predicted molar refractivity (Wildman–Crippen MR) is 62.6 cm³/mol. The van der Waals surface area contributed by atoms with Crippen LogP contribution in [0.4, 0.5) is 0 Å². The molecule has 0 bridgehead atoms. The van der Waals surface area contributed by atoms with Crippen LogP contribution in [0.15, 0.2) is 11.6 Å². The molecule has 0 aliphatic rings. The molecule has 0 aromatic heterocycles. The van der Waals surface area contributed by atoms with Crippen LogP contribution in [-0.2, 0) is 4.74 Å². The molecule has 1 atom stereocenters. The number of ether oxygens (including phenoxy) is 1. The van der Waals surface area contributed by atoms with Gasteiger partial charge in [0.05, 0.1) is 12.2 Å². The van der Waals surface area contributed by atoms with Crippen molar-refractivity contribution < 1.29 is 4.74 Å². The standard InChI is InChI=1S/C12H25NO/c1-7-13-11(8-10(2)3)9-14-12(4,5)6/h8,11,13H,7,9H2,1-6H3. The highest BCUT2D eigenvalue weighted by Crippen LogP contribution is 2.08. The SMILES string of the molecule is CCNC(C=C(C)C)COC(C)(C)C. The summed E-state index contributed by atoms with van der Waals surface area (Å²) in [7, 11) is 0. The highest BCUT2D eigenvalue weighted by atomic mass is 16.5. The van der Waals surface area contributed by atoms with Gasteiger partial charge in [-0.25, -0.2) is 0 Å². The van der Waals surface area contributed by atoms with Crippen LogP contribution in [0.3, 0.4) is 0 Å². The third-order valence-electron chi connectivity index (χ3n) is 1.70. The second kappa shape index (κ2) is 6.20.